The first-order valence-electron chi connectivity index (χ1n) is 7.06. The van der Waals surface area contributed by atoms with Crippen molar-refractivity contribution in [2.24, 2.45) is 0 Å². The smallest absolute Gasteiger partial charge is 0.254 e. The van der Waals surface area contributed by atoms with Gasteiger partial charge in [0.25, 0.3) is 5.91 Å². The van der Waals surface area contributed by atoms with Crippen LogP contribution in [0.5, 0.6) is 0 Å². The third-order valence-electron chi connectivity index (χ3n) is 3.68. The molecule has 5 heteroatoms. The molecule has 1 aliphatic heterocycles. The van der Waals surface area contributed by atoms with Crippen LogP contribution < -0.4 is 5.32 Å². The molecule has 1 fully saturated rings. The second-order valence-corrected chi connectivity index (χ2v) is 5.55. The molecule has 112 valence electrons. The van der Waals surface area contributed by atoms with E-state index in [1.807, 2.05) is 30.3 Å². The third kappa shape index (κ3) is 2.83. The van der Waals surface area contributed by atoms with Crippen molar-refractivity contribution in [1.82, 2.24) is 10.2 Å². The average molecular weight is 315 g/mol. The first-order valence-corrected chi connectivity index (χ1v) is 7.44. The minimum absolute atomic E-state index is 0.153. The summed E-state index contributed by atoms with van der Waals surface area (Å²) in [6.45, 7) is 0.939. The van der Waals surface area contributed by atoms with E-state index in [0.717, 1.165) is 5.56 Å². The number of halogens is 1. The molecule has 4 nitrogen and oxygen atoms in total. The summed E-state index contributed by atoms with van der Waals surface area (Å²) in [4.78, 5) is 26.6. The lowest BCUT2D eigenvalue weighted by Gasteiger charge is -2.35. The zero-order chi connectivity index (χ0) is 15.5. The zero-order valence-corrected chi connectivity index (χ0v) is 12.6. The van der Waals surface area contributed by atoms with Crippen LogP contribution in [0.2, 0.25) is 5.02 Å². The average Bonchev–Trinajstić information content (AvgIpc) is 2.55. The molecule has 0 radical (unpaired) electrons. The number of nitrogens with zero attached hydrogens (tertiary/aromatic N) is 1. The molecule has 0 aromatic heterocycles. The second-order valence-electron chi connectivity index (χ2n) is 5.11. The lowest BCUT2D eigenvalue weighted by atomic mass is 10.0. The van der Waals surface area contributed by atoms with Gasteiger partial charge in [-0.05, 0) is 29.8 Å². The van der Waals surface area contributed by atoms with Gasteiger partial charge < -0.3 is 10.2 Å². The predicted molar refractivity (Wildman–Crippen MR) is 84.7 cm³/mol. The fourth-order valence-corrected chi connectivity index (χ4v) is 2.74. The van der Waals surface area contributed by atoms with E-state index < -0.39 is 6.04 Å². The van der Waals surface area contributed by atoms with Crippen molar-refractivity contribution in [2.45, 2.75) is 6.04 Å². The SMILES string of the molecule is O=C1NCCN(C(=O)c2ccc(Cl)cc2)C1c1ccccc1. The number of hydrogen-bond acceptors (Lipinski definition) is 2. The molecule has 0 bridgehead atoms. The van der Waals surface area contributed by atoms with Crippen LogP contribution in [-0.4, -0.2) is 29.8 Å². The van der Waals surface area contributed by atoms with Gasteiger partial charge in [0.15, 0.2) is 0 Å². The summed E-state index contributed by atoms with van der Waals surface area (Å²) in [6, 6.07) is 15.4. The molecule has 1 N–H and O–H groups in total. The van der Waals surface area contributed by atoms with E-state index in [2.05, 4.69) is 5.32 Å². The van der Waals surface area contributed by atoms with E-state index in [1.165, 1.54) is 0 Å². The van der Waals surface area contributed by atoms with Crippen LogP contribution in [0.1, 0.15) is 22.0 Å². The molecular formula is C17H15ClN2O2. The molecule has 0 aliphatic carbocycles. The Hall–Kier alpha value is -2.33. The third-order valence-corrected chi connectivity index (χ3v) is 3.93. The van der Waals surface area contributed by atoms with Crippen LogP contribution in [-0.2, 0) is 4.79 Å². The topological polar surface area (TPSA) is 49.4 Å². The maximum atomic E-state index is 12.7. The lowest BCUT2D eigenvalue weighted by molar-refractivity contribution is -0.128. The molecule has 1 unspecified atom stereocenters. The zero-order valence-electron chi connectivity index (χ0n) is 11.8. The summed E-state index contributed by atoms with van der Waals surface area (Å²) in [7, 11) is 0. The van der Waals surface area contributed by atoms with Gasteiger partial charge in [0, 0.05) is 23.7 Å². The standard InChI is InChI=1S/C17H15ClN2O2/c18-14-8-6-13(7-9-14)17(22)20-11-10-19-16(21)15(20)12-4-2-1-3-5-12/h1-9,15H,10-11H2,(H,19,21). The monoisotopic (exact) mass is 314 g/mol. The van der Waals surface area contributed by atoms with Crippen LogP contribution in [0.15, 0.2) is 54.6 Å². The molecule has 0 saturated carbocycles. The maximum absolute atomic E-state index is 12.7. The highest BCUT2D eigenvalue weighted by Crippen LogP contribution is 2.25. The van der Waals surface area contributed by atoms with Gasteiger partial charge in [-0.3, -0.25) is 9.59 Å². The highest BCUT2D eigenvalue weighted by molar-refractivity contribution is 6.30. The van der Waals surface area contributed by atoms with E-state index in [4.69, 9.17) is 11.6 Å². The van der Waals surface area contributed by atoms with Gasteiger partial charge in [0.05, 0.1) is 0 Å². The number of carbonyl (C=O) groups is 2. The van der Waals surface area contributed by atoms with Gasteiger partial charge in [-0.1, -0.05) is 41.9 Å². The molecule has 1 atom stereocenters. The molecule has 1 heterocycles. The Balaban J connectivity index is 1.94. The predicted octanol–water partition coefficient (Wildman–Crippen LogP) is 2.65. The van der Waals surface area contributed by atoms with Crippen LogP contribution in [0.25, 0.3) is 0 Å². The summed E-state index contributed by atoms with van der Waals surface area (Å²) in [5.41, 5.74) is 1.34. The van der Waals surface area contributed by atoms with Crippen molar-refractivity contribution in [2.75, 3.05) is 13.1 Å². The summed E-state index contributed by atoms with van der Waals surface area (Å²) in [6.07, 6.45) is 0. The van der Waals surface area contributed by atoms with Crippen molar-refractivity contribution in [1.29, 1.82) is 0 Å². The number of hydrogen-bond donors (Lipinski definition) is 1. The quantitative estimate of drug-likeness (QED) is 0.926. The Labute approximate surface area is 133 Å². The number of amides is 2. The Morgan fingerprint density at radius 3 is 2.45 bits per heavy atom. The van der Waals surface area contributed by atoms with Crippen molar-refractivity contribution < 1.29 is 9.59 Å². The molecule has 2 amide bonds. The molecule has 2 aromatic carbocycles. The summed E-state index contributed by atoms with van der Waals surface area (Å²) >= 11 is 5.86. The Kier molecular flexibility index (Phi) is 4.11. The van der Waals surface area contributed by atoms with Gasteiger partial charge in [-0.25, -0.2) is 0 Å². The second kappa shape index (κ2) is 6.20. The fourth-order valence-electron chi connectivity index (χ4n) is 2.61. The number of nitrogens with one attached hydrogen (secondary N) is 1. The van der Waals surface area contributed by atoms with E-state index in [1.54, 1.807) is 29.2 Å². The number of rotatable bonds is 2. The first kappa shape index (κ1) is 14.6. The minimum atomic E-state index is -0.599. The number of piperazine rings is 1. The Morgan fingerprint density at radius 1 is 1.09 bits per heavy atom. The van der Waals surface area contributed by atoms with E-state index >= 15 is 0 Å². The van der Waals surface area contributed by atoms with Gasteiger partial charge >= 0.3 is 0 Å². The van der Waals surface area contributed by atoms with Crippen LogP contribution >= 0.6 is 11.6 Å². The largest absolute Gasteiger partial charge is 0.352 e. The summed E-state index contributed by atoms with van der Waals surface area (Å²) in [5, 5.41) is 3.40. The normalized spacial score (nSPS) is 18.0. The molecular weight excluding hydrogens is 300 g/mol. The van der Waals surface area contributed by atoms with E-state index in [9.17, 15) is 9.59 Å². The van der Waals surface area contributed by atoms with Gasteiger partial charge in [0.2, 0.25) is 5.91 Å². The van der Waals surface area contributed by atoms with E-state index in [-0.39, 0.29) is 11.8 Å². The Morgan fingerprint density at radius 2 is 1.77 bits per heavy atom. The van der Waals surface area contributed by atoms with Gasteiger partial charge in [-0.2, -0.15) is 0 Å². The van der Waals surface area contributed by atoms with Crippen LogP contribution in [0, 0.1) is 0 Å². The minimum Gasteiger partial charge on any atom is -0.352 e. The molecule has 1 aliphatic rings. The van der Waals surface area contributed by atoms with E-state index in [0.29, 0.717) is 23.7 Å². The molecule has 1 saturated heterocycles. The molecule has 0 spiro atoms. The Bertz CT molecular complexity index is 686. The maximum Gasteiger partial charge on any atom is 0.254 e. The van der Waals surface area contributed by atoms with Crippen molar-refractivity contribution in [3.8, 4) is 0 Å². The molecule has 3 rings (SSSR count). The first-order chi connectivity index (χ1) is 10.7. The number of benzene rings is 2. The van der Waals surface area contributed by atoms with Crippen LogP contribution in [0.3, 0.4) is 0 Å². The van der Waals surface area contributed by atoms with Crippen LogP contribution in [0.4, 0.5) is 0 Å². The van der Waals surface area contributed by atoms with Crippen molar-refractivity contribution in [3.05, 3.63) is 70.7 Å². The fraction of sp³-hybridized carbons (Fsp3) is 0.176. The molecule has 2 aromatic rings. The highest BCUT2D eigenvalue weighted by Gasteiger charge is 2.34. The molecule has 22 heavy (non-hydrogen) atoms. The summed E-state index contributed by atoms with van der Waals surface area (Å²) < 4.78 is 0. The number of carbonyl (C=O) groups excluding carboxylic acids is 2. The summed E-state index contributed by atoms with van der Waals surface area (Å²) in [5.74, 6) is -0.319. The van der Waals surface area contributed by atoms with Crippen molar-refractivity contribution >= 4 is 23.4 Å². The van der Waals surface area contributed by atoms with Crippen molar-refractivity contribution in [3.63, 3.8) is 0 Å². The lowest BCUT2D eigenvalue weighted by Crippen LogP contribution is -2.52. The van der Waals surface area contributed by atoms with Gasteiger partial charge in [0.1, 0.15) is 6.04 Å². The highest BCUT2D eigenvalue weighted by atomic mass is 35.5. The van der Waals surface area contributed by atoms with Gasteiger partial charge in [-0.15, -0.1) is 0 Å².